The Morgan fingerprint density at radius 2 is 2.20 bits per heavy atom. The lowest BCUT2D eigenvalue weighted by Crippen LogP contribution is -2.32. The van der Waals surface area contributed by atoms with Gasteiger partial charge in [-0.25, -0.2) is 0 Å². The first-order valence-electron chi connectivity index (χ1n) is 6.40. The summed E-state index contributed by atoms with van der Waals surface area (Å²) >= 11 is 6.02. The maximum absolute atomic E-state index is 11.8. The molecule has 3 rings (SSSR count). The molecule has 6 heteroatoms. The first-order chi connectivity index (χ1) is 9.56. The summed E-state index contributed by atoms with van der Waals surface area (Å²) in [7, 11) is 2.01. The molecule has 1 aliphatic rings. The second-order valence-corrected chi connectivity index (χ2v) is 5.44. The Morgan fingerprint density at radius 3 is 2.90 bits per heavy atom. The Morgan fingerprint density at radius 1 is 1.40 bits per heavy atom. The van der Waals surface area contributed by atoms with Gasteiger partial charge < -0.3 is 5.73 Å². The standard InChI is InChI=1S/C14H15ClN4O/c1-18-5-6-19-11(8-18)12(14(16)20)13(17-19)9-3-2-4-10(15)7-9/h2-4,7H,5-6,8H2,1H3,(H2,16,20). The minimum Gasteiger partial charge on any atom is -0.365 e. The molecule has 0 saturated carbocycles. The molecule has 1 aromatic heterocycles. The van der Waals surface area contributed by atoms with E-state index in [0.29, 0.717) is 22.8 Å². The number of benzene rings is 1. The third-order valence-electron chi connectivity index (χ3n) is 3.52. The normalized spacial score (nSPS) is 15.1. The molecule has 2 heterocycles. The number of fused-ring (bicyclic) bond motifs is 1. The number of nitrogens with zero attached hydrogens (tertiary/aromatic N) is 3. The van der Waals surface area contributed by atoms with E-state index >= 15 is 0 Å². The molecule has 0 saturated heterocycles. The summed E-state index contributed by atoms with van der Waals surface area (Å²) < 4.78 is 1.87. The number of halogens is 1. The van der Waals surface area contributed by atoms with E-state index < -0.39 is 5.91 Å². The molecule has 2 aromatic rings. The van der Waals surface area contributed by atoms with E-state index in [9.17, 15) is 4.79 Å². The van der Waals surface area contributed by atoms with Crippen molar-refractivity contribution in [1.82, 2.24) is 14.7 Å². The Balaban J connectivity index is 2.19. The quantitative estimate of drug-likeness (QED) is 0.916. The molecule has 5 nitrogen and oxygen atoms in total. The van der Waals surface area contributed by atoms with Gasteiger partial charge in [0.25, 0.3) is 5.91 Å². The minimum absolute atomic E-state index is 0.448. The zero-order valence-corrected chi connectivity index (χ0v) is 11.9. The second-order valence-electron chi connectivity index (χ2n) is 5.01. The number of hydrogen-bond donors (Lipinski definition) is 1. The Labute approximate surface area is 121 Å². The SMILES string of the molecule is CN1CCn2nc(-c3cccc(Cl)c3)c(C(N)=O)c2C1. The van der Waals surface area contributed by atoms with Crippen LogP contribution in [0.3, 0.4) is 0 Å². The van der Waals surface area contributed by atoms with E-state index in [4.69, 9.17) is 17.3 Å². The van der Waals surface area contributed by atoms with Crippen LogP contribution in [0, 0.1) is 0 Å². The molecule has 1 amide bonds. The lowest BCUT2D eigenvalue weighted by atomic mass is 10.0. The number of nitrogens with two attached hydrogens (primary N) is 1. The Kier molecular flexibility index (Phi) is 3.23. The van der Waals surface area contributed by atoms with Gasteiger partial charge in [0.05, 0.1) is 17.8 Å². The van der Waals surface area contributed by atoms with E-state index in [-0.39, 0.29) is 0 Å². The van der Waals surface area contributed by atoms with Crippen LogP contribution in [0.4, 0.5) is 0 Å². The smallest absolute Gasteiger partial charge is 0.252 e. The van der Waals surface area contributed by atoms with Gasteiger partial charge in [-0.2, -0.15) is 5.10 Å². The molecule has 0 spiro atoms. The third-order valence-corrected chi connectivity index (χ3v) is 3.75. The van der Waals surface area contributed by atoms with Gasteiger partial charge in [-0.3, -0.25) is 14.4 Å². The molecular formula is C14H15ClN4O. The summed E-state index contributed by atoms with van der Waals surface area (Å²) in [4.78, 5) is 14.0. The van der Waals surface area contributed by atoms with Gasteiger partial charge in [-0.15, -0.1) is 0 Å². The zero-order valence-electron chi connectivity index (χ0n) is 11.1. The lowest BCUT2D eigenvalue weighted by Gasteiger charge is -2.23. The number of aromatic nitrogens is 2. The summed E-state index contributed by atoms with van der Waals surface area (Å²) in [6.07, 6.45) is 0. The predicted molar refractivity (Wildman–Crippen MR) is 77.5 cm³/mol. The first-order valence-corrected chi connectivity index (χ1v) is 6.78. The highest BCUT2D eigenvalue weighted by atomic mass is 35.5. The third kappa shape index (κ3) is 2.19. The molecule has 1 aromatic carbocycles. The molecular weight excluding hydrogens is 276 g/mol. The van der Waals surface area contributed by atoms with Crippen LogP contribution in [0.1, 0.15) is 16.1 Å². The molecule has 1 aliphatic heterocycles. The lowest BCUT2D eigenvalue weighted by molar-refractivity contribution is 0.0998. The summed E-state index contributed by atoms with van der Waals surface area (Å²) in [6.45, 7) is 2.33. The number of likely N-dealkylation sites (N-methyl/N-ethyl adjacent to an activating group) is 1. The first kappa shape index (κ1) is 13.1. The molecule has 0 fully saturated rings. The fourth-order valence-corrected chi connectivity index (χ4v) is 2.73. The average molecular weight is 291 g/mol. The van der Waals surface area contributed by atoms with Gasteiger partial charge in [0.2, 0.25) is 0 Å². The van der Waals surface area contributed by atoms with Gasteiger partial charge in [-0.1, -0.05) is 23.7 Å². The molecule has 20 heavy (non-hydrogen) atoms. The van der Waals surface area contributed by atoms with Crippen molar-refractivity contribution < 1.29 is 4.79 Å². The maximum atomic E-state index is 11.8. The van der Waals surface area contributed by atoms with Crippen molar-refractivity contribution in [3.8, 4) is 11.3 Å². The molecule has 0 radical (unpaired) electrons. The van der Waals surface area contributed by atoms with Crippen molar-refractivity contribution >= 4 is 17.5 Å². The van der Waals surface area contributed by atoms with Crippen LogP contribution in [-0.4, -0.2) is 34.2 Å². The molecule has 2 N–H and O–H groups in total. The summed E-state index contributed by atoms with van der Waals surface area (Å²) in [5.74, 6) is -0.448. The van der Waals surface area contributed by atoms with Crippen LogP contribution in [0.15, 0.2) is 24.3 Å². The summed E-state index contributed by atoms with van der Waals surface area (Å²) in [5, 5.41) is 5.16. The number of hydrogen-bond acceptors (Lipinski definition) is 3. The highest BCUT2D eigenvalue weighted by Gasteiger charge is 2.26. The monoisotopic (exact) mass is 290 g/mol. The van der Waals surface area contributed by atoms with E-state index in [1.165, 1.54) is 0 Å². The van der Waals surface area contributed by atoms with Crippen LogP contribution in [-0.2, 0) is 13.1 Å². The zero-order chi connectivity index (χ0) is 14.3. The van der Waals surface area contributed by atoms with Crippen molar-refractivity contribution in [1.29, 1.82) is 0 Å². The van der Waals surface area contributed by atoms with E-state index in [2.05, 4.69) is 10.00 Å². The molecule has 104 valence electrons. The molecule has 0 atom stereocenters. The average Bonchev–Trinajstić information content (AvgIpc) is 2.77. The topological polar surface area (TPSA) is 64.2 Å². The van der Waals surface area contributed by atoms with E-state index in [1.54, 1.807) is 12.1 Å². The summed E-state index contributed by atoms with van der Waals surface area (Å²) in [5.41, 5.74) is 8.37. The van der Waals surface area contributed by atoms with Crippen LogP contribution in [0.5, 0.6) is 0 Å². The fourth-order valence-electron chi connectivity index (χ4n) is 2.54. The van der Waals surface area contributed by atoms with Crippen molar-refractivity contribution in [2.24, 2.45) is 5.73 Å². The molecule has 0 aliphatic carbocycles. The van der Waals surface area contributed by atoms with Gasteiger partial charge in [0.15, 0.2) is 0 Å². The van der Waals surface area contributed by atoms with E-state index in [1.807, 2.05) is 23.9 Å². The van der Waals surface area contributed by atoms with Gasteiger partial charge in [0.1, 0.15) is 5.69 Å². The van der Waals surface area contributed by atoms with Crippen LogP contribution in [0.2, 0.25) is 5.02 Å². The van der Waals surface area contributed by atoms with Crippen LogP contribution >= 0.6 is 11.6 Å². The fraction of sp³-hybridized carbons (Fsp3) is 0.286. The van der Waals surface area contributed by atoms with Crippen LogP contribution < -0.4 is 5.73 Å². The van der Waals surface area contributed by atoms with Gasteiger partial charge in [0, 0.05) is 23.7 Å². The van der Waals surface area contributed by atoms with Crippen molar-refractivity contribution in [3.63, 3.8) is 0 Å². The predicted octanol–water partition coefficient (Wildman–Crippen LogP) is 1.75. The summed E-state index contributed by atoms with van der Waals surface area (Å²) in [6, 6.07) is 7.31. The van der Waals surface area contributed by atoms with Crippen molar-refractivity contribution in [2.45, 2.75) is 13.1 Å². The Bertz CT molecular complexity index is 680. The van der Waals surface area contributed by atoms with Crippen molar-refractivity contribution in [2.75, 3.05) is 13.6 Å². The van der Waals surface area contributed by atoms with Crippen molar-refractivity contribution in [3.05, 3.63) is 40.5 Å². The number of amides is 1. The Hall–Kier alpha value is -1.85. The van der Waals surface area contributed by atoms with Gasteiger partial charge >= 0.3 is 0 Å². The number of primary amides is 1. The second kappa shape index (κ2) is 4.92. The highest BCUT2D eigenvalue weighted by Crippen LogP contribution is 2.29. The minimum atomic E-state index is -0.448. The van der Waals surface area contributed by atoms with Crippen LogP contribution in [0.25, 0.3) is 11.3 Å². The highest BCUT2D eigenvalue weighted by molar-refractivity contribution is 6.30. The molecule has 0 unspecified atom stereocenters. The number of rotatable bonds is 2. The van der Waals surface area contributed by atoms with Gasteiger partial charge in [-0.05, 0) is 19.2 Å². The number of carbonyl (C=O) groups excluding carboxylic acids is 1. The van der Waals surface area contributed by atoms with E-state index in [0.717, 1.165) is 24.3 Å². The maximum Gasteiger partial charge on any atom is 0.252 e. The molecule has 0 bridgehead atoms. The largest absolute Gasteiger partial charge is 0.365 e. The number of carbonyl (C=O) groups is 1.